The van der Waals surface area contributed by atoms with Gasteiger partial charge in [-0.25, -0.2) is 9.37 Å². The van der Waals surface area contributed by atoms with Crippen LogP contribution in [-0.4, -0.2) is 36.5 Å². The molecule has 1 saturated heterocycles. The Morgan fingerprint density at radius 2 is 2.08 bits per heavy atom. The maximum atomic E-state index is 14.1. The third kappa shape index (κ3) is 3.72. The van der Waals surface area contributed by atoms with Crippen molar-refractivity contribution in [1.82, 2.24) is 10.3 Å². The largest absolute Gasteiger partial charge is 0.417 e. The Kier molecular flexibility index (Phi) is 4.88. The average molecular weight is 374 g/mol. The zero-order valence-electron chi connectivity index (χ0n) is 13.1. The predicted octanol–water partition coefficient (Wildman–Crippen LogP) is 4.58. The summed E-state index contributed by atoms with van der Waals surface area (Å²) in [4.78, 5) is 3.80. The van der Waals surface area contributed by atoms with Crippen molar-refractivity contribution >= 4 is 33.6 Å². The molecule has 1 aliphatic heterocycles. The van der Waals surface area contributed by atoms with E-state index in [4.69, 9.17) is 11.6 Å². The second kappa shape index (κ2) is 6.80. The van der Waals surface area contributed by atoms with Gasteiger partial charge in [0.15, 0.2) is 0 Å². The molecule has 1 fully saturated rings. The Balaban J connectivity index is 2.07. The van der Waals surface area contributed by atoms with Crippen molar-refractivity contribution in [3.05, 3.63) is 41.7 Å². The molecule has 0 unspecified atom stereocenters. The van der Waals surface area contributed by atoms with Crippen LogP contribution in [-0.2, 0) is 0 Å². The van der Waals surface area contributed by atoms with Gasteiger partial charge in [0.05, 0.1) is 17.3 Å². The Hall–Kier alpha value is -1.86. The van der Waals surface area contributed by atoms with Crippen LogP contribution in [0.5, 0.6) is 0 Å². The highest BCUT2D eigenvalue weighted by Crippen LogP contribution is 2.37. The number of alkyl halides is 4. The number of hydrogen-bond acceptors (Lipinski definition) is 3. The molecular weight excluding hydrogens is 358 g/mol. The molecule has 2 atom stereocenters. The zero-order valence-corrected chi connectivity index (χ0v) is 13.9. The second-order valence-electron chi connectivity index (χ2n) is 5.93. The van der Waals surface area contributed by atoms with Gasteiger partial charge in [0, 0.05) is 23.0 Å². The van der Waals surface area contributed by atoms with E-state index in [1.54, 1.807) is 12.1 Å². The van der Waals surface area contributed by atoms with E-state index in [-0.39, 0.29) is 22.8 Å². The van der Waals surface area contributed by atoms with Crippen LogP contribution in [0.25, 0.3) is 16.3 Å². The summed E-state index contributed by atoms with van der Waals surface area (Å²) in [5.41, 5.74) is -0.865. The van der Waals surface area contributed by atoms with Crippen molar-refractivity contribution in [3.63, 3.8) is 0 Å². The number of hydrogen-bond donors (Lipinski definition) is 2. The van der Waals surface area contributed by atoms with Crippen molar-refractivity contribution in [3.8, 4) is 0 Å². The van der Waals surface area contributed by atoms with Gasteiger partial charge in [-0.3, -0.25) is 0 Å². The van der Waals surface area contributed by atoms with E-state index in [1.807, 2.05) is 0 Å². The van der Waals surface area contributed by atoms with Crippen LogP contribution in [0.2, 0.25) is 5.15 Å². The molecule has 0 spiro atoms. The topological polar surface area (TPSA) is 37.0 Å². The smallest absolute Gasteiger partial charge is 0.379 e. The number of nitrogens with zero attached hydrogens (tertiary/aromatic N) is 1. The van der Waals surface area contributed by atoms with Crippen molar-refractivity contribution in [2.75, 3.05) is 18.4 Å². The van der Waals surface area contributed by atoms with Crippen LogP contribution in [0.3, 0.4) is 0 Å². The summed E-state index contributed by atoms with van der Waals surface area (Å²) in [6.45, 7) is 4.01. The molecule has 0 saturated carbocycles. The molecule has 0 aliphatic carbocycles. The lowest BCUT2D eigenvalue weighted by atomic mass is 10.0. The minimum Gasteiger partial charge on any atom is -0.379 e. The molecule has 8 heteroatoms. The molecule has 0 bridgehead atoms. The Labute approximate surface area is 147 Å². The van der Waals surface area contributed by atoms with Gasteiger partial charge in [0.2, 0.25) is 0 Å². The van der Waals surface area contributed by atoms with Crippen molar-refractivity contribution in [2.24, 2.45) is 0 Å². The number of pyridine rings is 1. The normalized spacial score (nSPS) is 21.3. The first-order valence-electron chi connectivity index (χ1n) is 7.74. The molecule has 1 aliphatic rings. The third-order valence-electron chi connectivity index (χ3n) is 4.22. The molecule has 3 rings (SSSR count). The van der Waals surface area contributed by atoms with Crippen molar-refractivity contribution in [1.29, 1.82) is 0 Å². The fraction of sp³-hybridized carbons (Fsp3) is 0.353. The van der Waals surface area contributed by atoms with E-state index < -0.39 is 24.0 Å². The summed E-state index contributed by atoms with van der Waals surface area (Å²) in [6, 6.07) is 5.86. The standard InChI is InChI=1S/C17H16ClF4N3/c1-9(17(20,21)22)16-10-3-2-4-13(11(10)7-15(18)25-16)24-14-5-6-23-8-12(14)19/h2-4,7,12,14,23-24H,1,5-6,8H2/t12-,14+/m0/s1. The second-order valence-corrected chi connectivity index (χ2v) is 6.32. The summed E-state index contributed by atoms with van der Waals surface area (Å²) in [6.07, 6.45) is -5.14. The van der Waals surface area contributed by atoms with E-state index >= 15 is 0 Å². The predicted molar refractivity (Wildman–Crippen MR) is 91.6 cm³/mol. The van der Waals surface area contributed by atoms with Gasteiger partial charge < -0.3 is 10.6 Å². The lowest BCUT2D eigenvalue weighted by Crippen LogP contribution is -2.45. The number of fused-ring (bicyclic) bond motifs is 1. The van der Waals surface area contributed by atoms with E-state index in [2.05, 4.69) is 22.2 Å². The van der Waals surface area contributed by atoms with E-state index in [9.17, 15) is 17.6 Å². The highest BCUT2D eigenvalue weighted by Gasteiger charge is 2.35. The number of anilines is 1. The van der Waals surface area contributed by atoms with E-state index in [1.165, 1.54) is 12.1 Å². The quantitative estimate of drug-likeness (QED) is 0.611. The van der Waals surface area contributed by atoms with Gasteiger partial charge >= 0.3 is 6.18 Å². The van der Waals surface area contributed by atoms with E-state index in [0.29, 0.717) is 24.0 Å². The number of halogens is 5. The SMILES string of the molecule is C=C(c1nc(Cl)cc2c(N[C@@H]3CCNC[C@@H]3F)cccc12)C(F)(F)F. The van der Waals surface area contributed by atoms with Gasteiger partial charge in [-0.1, -0.05) is 30.3 Å². The fourth-order valence-electron chi connectivity index (χ4n) is 2.92. The number of piperidine rings is 1. The first-order chi connectivity index (χ1) is 11.8. The Morgan fingerprint density at radius 3 is 2.76 bits per heavy atom. The van der Waals surface area contributed by atoms with E-state index in [0.717, 1.165) is 0 Å². The number of benzene rings is 1. The van der Waals surface area contributed by atoms with Crippen LogP contribution in [0.1, 0.15) is 12.1 Å². The summed E-state index contributed by atoms with van der Waals surface area (Å²) in [5.74, 6) is 0. The van der Waals surface area contributed by atoms with Gasteiger partial charge in [-0.2, -0.15) is 13.2 Å². The Bertz CT molecular complexity index is 806. The summed E-state index contributed by atoms with van der Waals surface area (Å²) in [7, 11) is 0. The Morgan fingerprint density at radius 1 is 1.32 bits per heavy atom. The molecule has 3 nitrogen and oxygen atoms in total. The average Bonchev–Trinajstić information content (AvgIpc) is 2.55. The van der Waals surface area contributed by atoms with Gasteiger partial charge in [0.25, 0.3) is 0 Å². The minimum absolute atomic E-state index is 0.0794. The maximum absolute atomic E-state index is 14.1. The molecule has 25 heavy (non-hydrogen) atoms. The molecular formula is C17H16ClF4N3. The third-order valence-corrected chi connectivity index (χ3v) is 4.41. The van der Waals surface area contributed by atoms with Crippen molar-refractivity contribution in [2.45, 2.75) is 24.8 Å². The summed E-state index contributed by atoms with van der Waals surface area (Å²) in [5, 5.41) is 6.69. The van der Waals surface area contributed by atoms with Gasteiger partial charge in [0.1, 0.15) is 11.3 Å². The molecule has 2 heterocycles. The molecule has 2 N–H and O–H groups in total. The first-order valence-corrected chi connectivity index (χ1v) is 8.12. The molecule has 134 valence electrons. The monoisotopic (exact) mass is 373 g/mol. The highest BCUT2D eigenvalue weighted by molar-refractivity contribution is 6.30. The van der Waals surface area contributed by atoms with Crippen molar-refractivity contribution < 1.29 is 17.6 Å². The van der Waals surface area contributed by atoms with Crippen LogP contribution in [0, 0.1) is 0 Å². The molecule has 2 aromatic rings. The number of aromatic nitrogens is 1. The number of allylic oxidation sites excluding steroid dienone is 1. The van der Waals surface area contributed by atoms with Crippen LogP contribution in [0.4, 0.5) is 23.2 Å². The minimum atomic E-state index is -4.62. The fourth-order valence-corrected chi connectivity index (χ4v) is 3.11. The molecule has 0 radical (unpaired) electrons. The summed E-state index contributed by atoms with van der Waals surface area (Å²) >= 11 is 5.93. The van der Waals surface area contributed by atoms with Crippen LogP contribution in [0.15, 0.2) is 30.8 Å². The molecule has 1 aromatic carbocycles. The number of rotatable bonds is 3. The van der Waals surface area contributed by atoms with Crippen LogP contribution < -0.4 is 10.6 Å². The maximum Gasteiger partial charge on any atom is 0.417 e. The lowest BCUT2D eigenvalue weighted by Gasteiger charge is -2.29. The number of nitrogens with one attached hydrogen (secondary N) is 2. The molecule has 0 amide bonds. The van der Waals surface area contributed by atoms with Crippen LogP contribution >= 0.6 is 11.6 Å². The van der Waals surface area contributed by atoms with Gasteiger partial charge in [-0.15, -0.1) is 0 Å². The summed E-state index contributed by atoms with van der Waals surface area (Å²) < 4.78 is 53.2. The first kappa shape index (κ1) is 17.9. The lowest BCUT2D eigenvalue weighted by molar-refractivity contribution is -0.0688. The zero-order chi connectivity index (χ0) is 18.2. The highest BCUT2D eigenvalue weighted by atomic mass is 35.5. The molecule has 1 aromatic heterocycles. The van der Waals surface area contributed by atoms with Gasteiger partial charge in [-0.05, 0) is 25.1 Å².